The van der Waals surface area contributed by atoms with Gasteiger partial charge in [-0.1, -0.05) is 12.1 Å². The van der Waals surface area contributed by atoms with E-state index in [1.54, 1.807) is 4.90 Å². The average molecular weight is 290 g/mol. The summed E-state index contributed by atoms with van der Waals surface area (Å²) in [4.78, 5) is 24.7. The number of benzene rings is 1. The van der Waals surface area contributed by atoms with E-state index in [0.717, 1.165) is 18.4 Å². The van der Waals surface area contributed by atoms with Gasteiger partial charge in [0.05, 0.1) is 5.92 Å². The summed E-state index contributed by atoms with van der Waals surface area (Å²) in [5.74, 6) is 0.210. The van der Waals surface area contributed by atoms with Crippen LogP contribution in [0.15, 0.2) is 24.3 Å². The van der Waals surface area contributed by atoms with Crippen molar-refractivity contribution in [2.45, 2.75) is 31.7 Å². The van der Waals surface area contributed by atoms with E-state index in [1.165, 1.54) is 19.1 Å². The van der Waals surface area contributed by atoms with Crippen molar-refractivity contribution in [3.63, 3.8) is 0 Å². The molecule has 1 saturated carbocycles. The van der Waals surface area contributed by atoms with E-state index in [1.807, 2.05) is 12.1 Å². The number of amides is 2. The summed E-state index contributed by atoms with van der Waals surface area (Å²) in [6.07, 6.45) is 1.81. The minimum absolute atomic E-state index is 0.0269. The molecule has 0 bridgehead atoms. The second-order valence-corrected chi connectivity index (χ2v) is 6.05. The smallest absolute Gasteiger partial charge is 0.226 e. The molecule has 2 aliphatic rings. The number of carbonyl (C=O) groups is 2. The highest BCUT2D eigenvalue weighted by molar-refractivity contribution is 5.83. The third-order valence-electron chi connectivity index (χ3n) is 4.52. The van der Waals surface area contributed by atoms with Crippen LogP contribution in [-0.2, 0) is 9.59 Å². The number of rotatable bonds is 3. The monoisotopic (exact) mass is 290 g/mol. The van der Waals surface area contributed by atoms with E-state index in [2.05, 4.69) is 5.32 Å². The predicted octanol–water partition coefficient (Wildman–Crippen LogP) is 1.67. The zero-order valence-corrected chi connectivity index (χ0v) is 12.0. The van der Waals surface area contributed by atoms with E-state index in [4.69, 9.17) is 0 Å². The summed E-state index contributed by atoms with van der Waals surface area (Å²) < 4.78 is 12.9. The first-order chi connectivity index (χ1) is 10.0. The van der Waals surface area contributed by atoms with E-state index >= 15 is 0 Å². The fraction of sp³-hybridized carbons (Fsp3) is 0.500. The lowest BCUT2D eigenvalue weighted by Gasteiger charge is -2.41. The fourth-order valence-corrected chi connectivity index (χ4v) is 2.96. The number of hydrogen-bond donors (Lipinski definition) is 1. The van der Waals surface area contributed by atoms with Crippen LogP contribution in [0.2, 0.25) is 0 Å². The predicted molar refractivity (Wildman–Crippen MR) is 76.0 cm³/mol. The molecule has 4 nitrogen and oxygen atoms in total. The number of hydrogen-bond acceptors (Lipinski definition) is 2. The first-order valence-corrected chi connectivity index (χ1v) is 7.34. The Bertz CT molecular complexity index is 546. The molecule has 1 aromatic rings. The van der Waals surface area contributed by atoms with Gasteiger partial charge in [0, 0.05) is 26.1 Å². The SMILES string of the molecule is CC(=O)N1CC(C(=O)NC2CC(c3ccc(F)cc3)C2)C1. The van der Waals surface area contributed by atoms with Gasteiger partial charge >= 0.3 is 0 Å². The highest BCUT2D eigenvalue weighted by Gasteiger charge is 2.37. The first-order valence-electron chi connectivity index (χ1n) is 7.34. The Labute approximate surface area is 123 Å². The van der Waals surface area contributed by atoms with Crippen molar-refractivity contribution in [3.8, 4) is 0 Å². The summed E-state index contributed by atoms with van der Waals surface area (Å²) in [7, 11) is 0. The lowest BCUT2D eigenvalue weighted by Crippen LogP contribution is -2.57. The molecule has 1 heterocycles. The molecule has 1 aromatic carbocycles. The van der Waals surface area contributed by atoms with Crippen molar-refractivity contribution in [2.24, 2.45) is 5.92 Å². The minimum atomic E-state index is -0.220. The first kappa shape index (κ1) is 14.0. The molecule has 1 N–H and O–H groups in total. The Morgan fingerprint density at radius 2 is 1.81 bits per heavy atom. The van der Waals surface area contributed by atoms with Crippen molar-refractivity contribution in [1.82, 2.24) is 10.2 Å². The van der Waals surface area contributed by atoms with E-state index in [0.29, 0.717) is 19.0 Å². The van der Waals surface area contributed by atoms with E-state index < -0.39 is 0 Å². The molecule has 0 radical (unpaired) electrons. The van der Waals surface area contributed by atoms with Crippen molar-refractivity contribution >= 4 is 11.8 Å². The van der Waals surface area contributed by atoms with Crippen molar-refractivity contribution in [3.05, 3.63) is 35.6 Å². The number of halogens is 1. The van der Waals surface area contributed by atoms with Crippen LogP contribution in [0.4, 0.5) is 4.39 Å². The van der Waals surface area contributed by atoms with Crippen LogP contribution in [0.1, 0.15) is 31.2 Å². The molecular formula is C16H19FN2O2. The van der Waals surface area contributed by atoms with Crippen LogP contribution in [0.3, 0.4) is 0 Å². The summed E-state index contributed by atoms with van der Waals surface area (Å²) >= 11 is 0. The van der Waals surface area contributed by atoms with Crippen LogP contribution >= 0.6 is 0 Å². The van der Waals surface area contributed by atoms with Crippen LogP contribution in [0, 0.1) is 11.7 Å². The van der Waals surface area contributed by atoms with E-state index in [9.17, 15) is 14.0 Å². The van der Waals surface area contributed by atoms with Gasteiger partial charge < -0.3 is 10.2 Å². The van der Waals surface area contributed by atoms with Gasteiger partial charge in [0.2, 0.25) is 11.8 Å². The second kappa shape index (κ2) is 5.47. The molecule has 5 heteroatoms. The lowest BCUT2D eigenvalue weighted by atomic mass is 9.75. The standard InChI is InChI=1S/C16H19FN2O2/c1-10(20)19-8-13(9-19)16(21)18-15-6-12(7-15)11-2-4-14(17)5-3-11/h2-5,12-13,15H,6-9H2,1H3,(H,18,21). The zero-order valence-electron chi connectivity index (χ0n) is 12.0. The van der Waals surface area contributed by atoms with Crippen molar-refractivity contribution < 1.29 is 14.0 Å². The quantitative estimate of drug-likeness (QED) is 0.920. The molecular weight excluding hydrogens is 271 g/mol. The summed E-state index contributed by atoms with van der Waals surface area (Å²) in [6.45, 7) is 2.60. The number of nitrogens with zero attached hydrogens (tertiary/aromatic N) is 1. The molecule has 112 valence electrons. The van der Waals surface area contributed by atoms with Crippen LogP contribution in [0.5, 0.6) is 0 Å². The molecule has 1 saturated heterocycles. The van der Waals surface area contributed by atoms with Gasteiger partial charge in [0.1, 0.15) is 5.82 Å². The largest absolute Gasteiger partial charge is 0.353 e. The van der Waals surface area contributed by atoms with Gasteiger partial charge in [-0.25, -0.2) is 4.39 Å². The van der Waals surface area contributed by atoms with Crippen LogP contribution in [0.25, 0.3) is 0 Å². The van der Waals surface area contributed by atoms with Gasteiger partial charge in [0.25, 0.3) is 0 Å². The Morgan fingerprint density at radius 3 is 2.38 bits per heavy atom. The topological polar surface area (TPSA) is 49.4 Å². The highest BCUT2D eigenvalue weighted by atomic mass is 19.1. The molecule has 21 heavy (non-hydrogen) atoms. The Morgan fingerprint density at radius 1 is 1.19 bits per heavy atom. The molecule has 0 aromatic heterocycles. The van der Waals surface area contributed by atoms with Gasteiger partial charge in [-0.2, -0.15) is 0 Å². The molecule has 0 unspecified atom stereocenters. The maximum Gasteiger partial charge on any atom is 0.226 e. The summed E-state index contributed by atoms with van der Waals surface area (Å²) in [5.41, 5.74) is 1.13. The molecule has 1 aliphatic carbocycles. The van der Waals surface area contributed by atoms with Crippen LogP contribution in [-0.4, -0.2) is 35.8 Å². The normalized spacial score (nSPS) is 25.0. The third-order valence-corrected chi connectivity index (χ3v) is 4.52. The molecule has 1 aliphatic heterocycles. The molecule has 2 amide bonds. The van der Waals surface area contributed by atoms with Gasteiger partial charge in [-0.05, 0) is 36.5 Å². The minimum Gasteiger partial charge on any atom is -0.353 e. The Kier molecular flexibility index (Phi) is 3.66. The third kappa shape index (κ3) is 2.91. The Hall–Kier alpha value is -1.91. The van der Waals surface area contributed by atoms with Gasteiger partial charge in [-0.3, -0.25) is 9.59 Å². The summed E-state index contributed by atoms with van der Waals surface area (Å²) in [5, 5.41) is 3.04. The number of carbonyl (C=O) groups excluding carboxylic acids is 2. The number of nitrogens with one attached hydrogen (secondary N) is 1. The lowest BCUT2D eigenvalue weighted by molar-refractivity contribution is -0.141. The van der Waals surface area contributed by atoms with Crippen molar-refractivity contribution in [2.75, 3.05) is 13.1 Å². The van der Waals surface area contributed by atoms with Gasteiger partial charge in [0.15, 0.2) is 0 Å². The highest BCUT2D eigenvalue weighted by Crippen LogP contribution is 2.37. The van der Waals surface area contributed by atoms with E-state index in [-0.39, 0.29) is 29.6 Å². The van der Waals surface area contributed by atoms with Gasteiger partial charge in [-0.15, -0.1) is 0 Å². The molecule has 3 rings (SSSR count). The maximum absolute atomic E-state index is 12.9. The average Bonchev–Trinajstić information content (AvgIpc) is 2.32. The summed E-state index contributed by atoms with van der Waals surface area (Å²) in [6, 6.07) is 6.79. The Balaban J connectivity index is 1.42. The maximum atomic E-state index is 12.9. The molecule has 2 fully saturated rings. The molecule has 0 spiro atoms. The zero-order chi connectivity index (χ0) is 15.0. The fourth-order valence-electron chi connectivity index (χ4n) is 2.96. The number of likely N-dealkylation sites (tertiary alicyclic amines) is 1. The molecule has 0 atom stereocenters. The van der Waals surface area contributed by atoms with Crippen LogP contribution < -0.4 is 5.32 Å². The second-order valence-electron chi connectivity index (χ2n) is 6.05. The van der Waals surface area contributed by atoms with Crippen molar-refractivity contribution in [1.29, 1.82) is 0 Å².